The van der Waals surface area contributed by atoms with Crippen LogP contribution in [-0.2, 0) is 16.7 Å². The van der Waals surface area contributed by atoms with Crippen molar-refractivity contribution in [1.29, 1.82) is 5.26 Å². The predicted molar refractivity (Wildman–Crippen MR) is 146 cm³/mol. The van der Waals surface area contributed by atoms with Crippen LogP contribution in [0.3, 0.4) is 0 Å². The Kier molecular flexibility index (Phi) is 7.34. The van der Waals surface area contributed by atoms with Gasteiger partial charge >= 0.3 is 6.18 Å². The summed E-state index contributed by atoms with van der Waals surface area (Å²) in [5.41, 5.74) is 1.34. The van der Waals surface area contributed by atoms with Crippen molar-refractivity contribution in [3.63, 3.8) is 0 Å². The second-order valence-electron chi connectivity index (χ2n) is 8.97. The minimum Gasteiger partial charge on any atom is -0.496 e. The lowest BCUT2D eigenvalue weighted by atomic mass is 10.0. The summed E-state index contributed by atoms with van der Waals surface area (Å²) >= 11 is 6.32. The Morgan fingerprint density at radius 1 is 1.23 bits per heavy atom. The summed E-state index contributed by atoms with van der Waals surface area (Å²) in [5, 5.41) is 13.2. The molecule has 2 fully saturated rings. The van der Waals surface area contributed by atoms with Crippen LogP contribution in [0.15, 0.2) is 65.3 Å². The quantitative estimate of drug-likeness (QED) is 0.209. The number of amides is 1. The normalized spacial score (nSPS) is 16.4. The second-order valence-corrected chi connectivity index (χ2v) is 10.3. The van der Waals surface area contributed by atoms with E-state index >= 15 is 0 Å². The number of nitriles is 1. The first-order chi connectivity index (χ1) is 18.7. The number of aromatic nitrogens is 1. The van der Waals surface area contributed by atoms with Crippen LogP contribution in [0.2, 0.25) is 0 Å². The molecule has 1 saturated carbocycles. The van der Waals surface area contributed by atoms with E-state index in [4.69, 9.17) is 17.0 Å². The molecule has 0 spiro atoms. The van der Waals surface area contributed by atoms with Crippen LogP contribution in [0.4, 0.5) is 13.2 Å². The average molecular weight is 567 g/mol. The lowest BCUT2D eigenvalue weighted by Gasteiger charge is -2.15. The largest absolute Gasteiger partial charge is 0.496 e. The van der Waals surface area contributed by atoms with Gasteiger partial charge in [-0.05, 0) is 60.5 Å². The molecule has 0 bridgehead atoms. The molecule has 0 radical (unpaired) electrons. The highest BCUT2D eigenvalue weighted by Gasteiger charge is 2.41. The van der Waals surface area contributed by atoms with E-state index in [9.17, 15) is 23.2 Å². The summed E-state index contributed by atoms with van der Waals surface area (Å²) in [4.78, 5) is 18.2. The number of pyridine rings is 1. The van der Waals surface area contributed by atoms with Gasteiger partial charge in [-0.25, -0.2) is 4.98 Å². The smallest absolute Gasteiger partial charge is 0.433 e. The molecule has 1 N–H and O–H groups in total. The summed E-state index contributed by atoms with van der Waals surface area (Å²) in [5.74, 6) is 0.500. The van der Waals surface area contributed by atoms with E-state index < -0.39 is 11.9 Å². The van der Waals surface area contributed by atoms with Gasteiger partial charge in [0.25, 0.3) is 5.91 Å². The maximum Gasteiger partial charge on any atom is 0.433 e. The molecule has 2 aromatic carbocycles. The zero-order valence-electron chi connectivity index (χ0n) is 20.6. The summed E-state index contributed by atoms with van der Waals surface area (Å²) < 4.78 is 46.7. The summed E-state index contributed by atoms with van der Waals surface area (Å²) in [6.45, 7) is 0. The van der Waals surface area contributed by atoms with E-state index in [2.05, 4.69) is 10.3 Å². The van der Waals surface area contributed by atoms with Crippen LogP contribution in [0, 0.1) is 11.3 Å². The third-order valence-electron chi connectivity index (χ3n) is 6.27. The Morgan fingerprint density at radius 2 is 1.97 bits per heavy atom. The van der Waals surface area contributed by atoms with E-state index in [1.165, 1.54) is 7.11 Å². The number of nitrogens with one attached hydrogen (secondary N) is 1. The van der Waals surface area contributed by atoms with E-state index in [-0.39, 0.29) is 33.9 Å². The van der Waals surface area contributed by atoms with Gasteiger partial charge in [-0.1, -0.05) is 36.4 Å². The minimum absolute atomic E-state index is 0.0324. The lowest BCUT2D eigenvalue weighted by Crippen LogP contribution is -2.32. The average Bonchev–Trinajstić information content (AvgIpc) is 3.71. The summed E-state index contributed by atoms with van der Waals surface area (Å²) in [6, 6.07) is 16.8. The molecule has 1 saturated heterocycles. The van der Waals surface area contributed by atoms with E-state index in [1.54, 1.807) is 59.5 Å². The fourth-order valence-electron chi connectivity index (χ4n) is 4.25. The number of methoxy groups -OCH3 is 1. The Hall–Kier alpha value is -3.88. The molecule has 6 nitrogen and oxygen atoms in total. The number of hydrogen-bond acceptors (Lipinski definition) is 6. The number of hydrogen-bond donors (Lipinski definition) is 1. The Labute approximate surface area is 232 Å². The number of rotatable bonds is 7. The van der Waals surface area contributed by atoms with Gasteiger partial charge in [-0.2, -0.15) is 18.4 Å². The molecule has 2 heterocycles. The molecule has 198 valence electrons. The molecule has 1 aliphatic carbocycles. The molecule has 1 aliphatic heterocycles. The SMILES string of the molecule is COc1ccc(/C=C2/NC(=S)N(C3CC3)C2=O)cc1CSc1nc(C(F)(F)F)cc(-c2ccccc2)c1C#N. The highest BCUT2D eigenvalue weighted by molar-refractivity contribution is 7.98. The van der Waals surface area contributed by atoms with E-state index in [1.807, 2.05) is 6.07 Å². The number of carbonyl (C=O) groups is 1. The molecule has 0 atom stereocenters. The molecule has 39 heavy (non-hydrogen) atoms. The Morgan fingerprint density at radius 3 is 2.62 bits per heavy atom. The number of alkyl halides is 3. The first-order valence-corrected chi connectivity index (χ1v) is 13.3. The zero-order valence-corrected chi connectivity index (χ0v) is 22.2. The molecule has 11 heteroatoms. The number of ether oxygens (including phenoxy) is 1. The van der Waals surface area contributed by atoms with E-state index in [0.717, 1.165) is 30.7 Å². The maximum atomic E-state index is 13.7. The van der Waals surface area contributed by atoms with Crippen molar-refractivity contribution in [1.82, 2.24) is 15.2 Å². The van der Waals surface area contributed by atoms with Gasteiger partial charge in [0.15, 0.2) is 5.11 Å². The molecule has 1 aromatic heterocycles. The van der Waals surface area contributed by atoms with Crippen molar-refractivity contribution in [2.24, 2.45) is 0 Å². The van der Waals surface area contributed by atoms with Crippen molar-refractivity contribution in [2.75, 3.05) is 7.11 Å². The number of nitrogens with zero attached hydrogens (tertiary/aromatic N) is 3. The van der Waals surface area contributed by atoms with Crippen molar-refractivity contribution in [2.45, 2.75) is 35.8 Å². The molecule has 2 aliphatic rings. The molecular weight excluding hydrogens is 545 g/mol. The second kappa shape index (κ2) is 10.7. The van der Waals surface area contributed by atoms with Crippen molar-refractivity contribution >= 4 is 41.1 Å². The number of thioether (sulfide) groups is 1. The molecular formula is C28H21F3N4O2S2. The van der Waals surface area contributed by atoms with Crippen molar-refractivity contribution in [3.05, 3.63) is 82.7 Å². The molecule has 1 amide bonds. The molecule has 3 aromatic rings. The first-order valence-electron chi connectivity index (χ1n) is 11.9. The van der Waals surface area contributed by atoms with E-state index in [0.29, 0.717) is 33.2 Å². The predicted octanol–water partition coefficient (Wildman–Crippen LogP) is 6.16. The van der Waals surface area contributed by atoms with Crippen LogP contribution in [-0.4, -0.2) is 34.1 Å². The van der Waals surface area contributed by atoms with Gasteiger partial charge in [0.1, 0.15) is 28.2 Å². The van der Waals surface area contributed by atoms with Gasteiger partial charge in [0.2, 0.25) is 0 Å². The lowest BCUT2D eigenvalue weighted by molar-refractivity contribution is -0.141. The number of thiocarbonyl (C=S) groups is 1. The number of benzene rings is 2. The van der Waals surface area contributed by atoms with Crippen LogP contribution < -0.4 is 10.1 Å². The molecule has 5 rings (SSSR count). The fraction of sp³-hybridized carbons (Fsp3) is 0.214. The van der Waals surface area contributed by atoms with Crippen LogP contribution in [0.1, 0.15) is 35.2 Å². The summed E-state index contributed by atoms with van der Waals surface area (Å²) in [6.07, 6.45) is -1.16. The van der Waals surface area contributed by atoms with Crippen LogP contribution >= 0.6 is 24.0 Å². The highest BCUT2D eigenvalue weighted by atomic mass is 32.2. The topological polar surface area (TPSA) is 78.2 Å². The highest BCUT2D eigenvalue weighted by Crippen LogP contribution is 2.38. The maximum absolute atomic E-state index is 13.7. The summed E-state index contributed by atoms with van der Waals surface area (Å²) in [7, 11) is 1.49. The standard InChI is InChI=1S/C28H21F3N4O2S2/c1-37-23-10-7-16(12-22-26(36)35(19-8-9-19)27(38)33-22)11-18(23)15-39-25-21(14-32)20(17-5-3-2-4-6-17)13-24(34-25)28(29,30)31/h2-7,10-13,19H,8-9,15H2,1H3,(H,33,38)/b22-12+. The van der Waals surface area contributed by atoms with Gasteiger partial charge in [-0.15, -0.1) is 11.8 Å². The molecule has 0 unspecified atom stereocenters. The Balaban J connectivity index is 1.47. The number of carbonyl (C=O) groups excluding carboxylic acids is 1. The van der Waals surface area contributed by atoms with Crippen LogP contribution in [0.5, 0.6) is 5.75 Å². The third kappa shape index (κ3) is 5.62. The monoisotopic (exact) mass is 566 g/mol. The minimum atomic E-state index is -4.69. The number of halogens is 3. The Bertz CT molecular complexity index is 1530. The van der Waals surface area contributed by atoms with Crippen molar-refractivity contribution in [3.8, 4) is 22.9 Å². The van der Waals surface area contributed by atoms with Gasteiger partial charge < -0.3 is 10.1 Å². The van der Waals surface area contributed by atoms with Crippen molar-refractivity contribution < 1.29 is 22.7 Å². The van der Waals surface area contributed by atoms with Gasteiger partial charge in [0, 0.05) is 22.9 Å². The van der Waals surface area contributed by atoms with Gasteiger partial charge in [0.05, 0.1) is 12.7 Å². The first kappa shape index (κ1) is 26.7. The fourth-order valence-corrected chi connectivity index (χ4v) is 5.57. The van der Waals surface area contributed by atoms with Gasteiger partial charge in [-0.3, -0.25) is 9.69 Å². The third-order valence-corrected chi connectivity index (χ3v) is 7.60. The van der Waals surface area contributed by atoms with Crippen LogP contribution in [0.25, 0.3) is 17.2 Å². The zero-order chi connectivity index (χ0) is 27.7.